The van der Waals surface area contributed by atoms with E-state index >= 15 is 0 Å². The maximum Gasteiger partial charge on any atom is 0.407 e. The molecule has 0 bridgehead atoms. The predicted octanol–water partition coefficient (Wildman–Crippen LogP) is 1.96. The quantitative estimate of drug-likeness (QED) is 0.918. The van der Waals surface area contributed by atoms with Crippen molar-refractivity contribution in [2.24, 2.45) is 0 Å². The number of amides is 1. The zero-order valence-electron chi connectivity index (χ0n) is 13.2. The van der Waals surface area contributed by atoms with Crippen LogP contribution in [0.2, 0.25) is 0 Å². The molecule has 0 radical (unpaired) electrons. The van der Waals surface area contributed by atoms with Gasteiger partial charge in [0.1, 0.15) is 5.69 Å². The minimum Gasteiger partial charge on any atom is -0.465 e. The van der Waals surface area contributed by atoms with Gasteiger partial charge in [-0.25, -0.2) is 14.3 Å². The second kappa shape index (κ2) is 5.47. The average Bonchev–Trinajstić information content (AvgIpc) is 2.83. The molecule has 22 heavy (non-hydrogen) atoms. The summed E-state index contributed by atoms with van der Waals surface area (Å²) < 4.78 is 1.88. The summed E-state index contributed by atoms with van der Waals surface area (Å²) in [5.74, 6) is 0.157. The Balaban J connectivity index is 2.04. The molecule has 7 heteroatoms. The van der Waals surface area contributed by atoms with Gasteiger partial charge in [0, 0.05) is 39.3 Å². The largest absolute Gasteiger partial charge is 0.465 e. The number of likely N-dealkylation sites (tertiary alicyclic amines) is 1. The van der Waals surface area contributed by atoms with Crippen LogP contribution in [0.4, 0.5) is 10.5 Å². The third-order valence-electron chi connectivity index (χ3n) is 4.25. The molecular formula is C15H21N5O2. The topological polar surface area (TPSA) is 74.0 Å². The second-order valence-electron chi connectivity index (χ2n) is 6.00. The number of hydrogen-bond donors (Lipinski definition) is 1. The normalized spacial score (nSPS) is 18.7. The van der Waals surface area contributed by atoms with Gasteiger partial charge >= 0.3 is 6.09 Å². The Labute approximate surface area is 129 Å². The Morgan fingerprint density at radius 2 is 2.23 bits per heavy atom. The number of hydrogen-bond acceptors (Lipinski definition) is 4. The predicted molar refractivity (Wildman–Crippen MR) is 83.6 cm³/mol. The van der Waals surface area contributed by atoms with Crippen LogP contribution in [0.15, 0.2) is 12.3 Å². The van der Waals surface area contributed by atoms with Crippen molar-refractivity contribution in [3.63, 3.8) is 0 Å². The van der Waals surface area contributed by atoms with Gasteiger partial charge in [-0.2, -0.15) is 5.10 Å². The van der Waals surface area contributed by atoms with E-state index in [0.29, 0.717) is 13.1 Å². The molecule has 1 amide bonds. The smallest absolute Gasteiger partial charge is 0.407 e. The van der Waals surface area contributed by atoms with Gasteiger partial charge in [-0.1, -0.05) is 0 Å². The van der Waals surface area contributed by atoms with Crippen molar-refractivity contribution in [3.8, 4) is 0 Å². The lowest BCUT2D eigenvalue weighted by molar-refractivity contribution is 0.130. The molecule has 1 unspecified atom stereocenters. The molecule has 2 aromatic rings. The van der Waals surface area contributed by atoms with Gasteiger partial charge in [0.25, 0.3) is 0 Å². The van der Waals surface area contributed by atoms with E-state index in [2.05, 4.69) is 10.1 Å². The summed E-state index contributed by atoms with van der Waals surface area (Å²) in [5, 5.41) is 13.8. The van der Waals surface area contributed by atoms with Crippen LogP contribution in [-0.4, -0.2) is 57.9 Å². The number of piperidine rings is 1. The van der Waals surface area contributed by atoms with Gasteiger partial charge in [0.15, 0.2) is 5.65 Å². The van der Waals surface area contributed by atoms with Crippen LogP contribution in [0.25, 0.3) is 5.65 Å². The first kappa shape index (κ1) is 14.6. The van der Waals surface area contributed by atoms with E-state index in [9.17, 15) is 9.90 Å². The zero-order valence-corrected chi connectivity index (χ0v) is 13.2. The molecule has 2 aromatic heterocycles. The standard InChI is InChI=1S/C15H21N5O2/c1-10-13(18(2)3)14-16-7-6-12(20(14)17-10)11-5-4-8-19(9-11)15(21)22/h6-7,11H,4-5,8-9H2,1-3H3,(H,21,22). The highest BCUT2D eigenvalue weighted by molar-refractivity contribution is 5.71. The second-order valence-corrected chi connectivity index (χ2v) is 6.00. The fraction of sp³-hybridized carbons (Fsp3) is 0.533. The van der Waals surface area contributed by atoms with Crippen molar-refractivity contribution in [1.29, 1.82) is 0 Å². The van der Waals surface area contributed by atoms with E-state index in [4.69, 9.17) is 0 Å². The molecule has 1 N–H and O–H groups in total. The van der Waals surface area contributed by atoms with E-state index in [0.717, 1.165) is 35.6 Å². The van der Waals surface area contributed by atoms with Gasteiger partial charge < -0.3 is 14.9 Å². The van der Waals surface area contributed by atoms with E-state index in [1.165, 1.54) is 4.90 Å². The fourth-order valence-electron chi connectivity index (χ4n) is 3.28. The third-order valence-corrected chi connectivity index (χ3v) is 4.25. The third kappa shape index (κ3) is 2.36. The van der Waals surface area contributed by atoms with E-state index in [1.807, 2.05) is 36.5 Å². The number of fused-ring (bicyclic) bond motifs is 1. The van der Waals surface area contributed by atoms with E-state index in [-0.39, 0.29) is 5.92 Å². The van der Waals surface area contributed by atoms with Crippen molar-refractivity contribution in [1.82, 2.24) is 19.5 Å². The highest BCUT2D eigenvalue weighted by atomic mass is 16.4. The summed E-state index contributed by atoms with van der Waals surface area (Å²) in [5.41, 5.74) is 3.79. The van der Waals surface area contributed by atoms with Crippen molar-refractivity contribution in [2.75, 3.05) is 32.1 Å². The molecule has 3 rings (SSSR count). The summed E-state index contributed by atoms with van der Waals surface area (Å²) >= 11 is 0. The molecule has 0 spiro atoms. The molecule has 0 aliphatic carbocycles. The highest BCUT2D eigenvalue weighted by Gasteiger charge is 2.27. The average molecular weight is 303 g/mol. The van der Waals surface area contributed by atoms with Crippen molar-refractivity contribution < 1.29 is 9.90 Å². The van der Waals surface area contributed by atoms with Crippen LogP contribution in [0.3, 0.4) is 0 Å². The molecule has 0 aromatic carbocycles. The van der Waals surface area contributed by atoms with Gasteiger partial charge in [-0.05, 0) is 25.8 Å². The van der Waals surface area contributed by atoms with E-state index < -0.39 is 6.09 Å². The molecule has 1 atom stereocenters. The molecular weight excluding hydrogens is 282 g/mol. The lowest BCUT2D eigenvalue weighted by atomic mass is 9.95. The molecule has 1 saturated heterocycles. The van der Waals surface area contributed by atoms with Crippen molar-refractivity contribution in [3.05, 3.63) is 23.7 Å². The number of aromatic nitrogens is 3. The Morgan fingerprint density at radius 1 is 1.45 bits per heavy atom. The maximum atomic E-state index is 11.2. The van der Waals surface area contributed by atoms with Crippen LogP contribution >= 0.6 is 0 Å². The monoisotopic (exact) mass is 303 g/mol. The number of aryl methyl sites for hydroxylation is 1. The first-order chi connectivity index (χ1) is 10.5. The Bertz CT molecular complexity index is 709. The highest BCUT2D eigenvalue weighted by Crippen LogP contribution is 2.30. The van der Waals surface area contributed by atoms with E-state index in [1.54, 1.807) is 6.20 Å². The molecule has 1 aliphatic heterocycles. The number of rotatable bonds is 2. The lowest BCUT2D eigenvalue weighted by Gasteiger charge is -2.30. The Morgan fingerprint density at radius 3 is 2.91 bits per heavy atom. The van der Waals surface area contributed by atoms with Crippen LogP contribution in [0.1, 0.15) is 30.1 Å². The van der Waals surface area contributed by atoms with Crippen molar-refractivity contribution in [2.45, 2.75) is 25.7 Å². The first-order valence-corrected chi connectivity index (χ1v) is 7.48. The summed E-state index contributed by atoms with van der Waals surface area (Å²) in [6.45, 7) is 3.10. The first-order valence-electron chi connectivity index (χ1n) is 7.48. The minimum atomic E-state index is -0.847. The molecule has 1 fully saturated rings. The molecule has 118 valence electrons. The van der Waals surface area contributed by atoms with Gasteiger partial charge in [-0.15, -0.1) is 0 Å². The zero-order chi connectivity index (χ0) is 15.9. The van der Waals surface area contributed by atoms with Crippen LogP contribution < -0.4 is 4.90 Å². The lowest BCUT2D eigenvalue weighted by Crippen LogP contribution is -2.38. The summed E-state index contributed by atoms with van der Waals surface area (Å²) in [6.07, 6.45) is 2.79. The summed E-state index contributed by atoms with van der Waals surface area (Å²) in [6, 6.07) is 1.95. The molecule has 1 aliphatic rings. The SMILES string of the molecule is Cc1nn2c(C3CCCN(C(=O)O)C3)ccnc2c1N(C)C. The summed E-state index contributed by atoms with van der Waals surface area (Å²) in [4.78, 5) is 19.2. The fourth-order valence-corrected chi connectivity index (χ4v) is 3.28. The van der Waals surface area contributed by atoms with Crippen LogP contribution in [0, 0.1) is 6.92 Å². The maximum absolute atomic E-state index is 11.2. The van der Waals surface area contributed by atoms with Crippen LogP contribution in [-0.2, 0) is 0 Å². The Hall–Kier alpha value is -2.31. The summed E-state index contributed by atoms with van der Waals surface area (Å²) in [7, 11) is 3.95. The molecule has 3 heterocycles. The van der Waals surface area contributed by atoms with Crippen LogP contribution in [0.5, 0.6) is 0 Å². The van der Waals surface area contributed by atoms with Gasteiger partial charge in [0.2, 0.25) is 0 Å². The van der Waals surface area contributed by atoms with Crippen molar-refractivity contribution >= 4 is 17.4 Å². The minimum absolute atomic E-state index is 0.157. The number of anilines is 1. The number of nitrogens with zero attached hydrogens (tertiary/aromatic N) is 5. The Kier molecular flexibility index (Phi) is 3.64. The number of carboxylic acid groups (broad SMARTS) is 1. The molecule has 7 nitrogen and oxygen atoms in total. The van der Waals surface area contributed by atoms with Gasteiger partial charge in [-0.3, -0.25) is 0 Å². The van der Waals surface area contributed by atoms with Gasteiger partial charge in [0.05, 0.1) is 11.4 Å². The molecule has 0 saturated carbocycles. The number of carbonyl (C=O) groups is 1.